The summed E-state index contributed by atoms with van der Waals surface area (Å²) in [5, 5.41) is 28.3. The van der Waals surface area contributed by atoms with Crippen molar-refractivity contribution in [3.05, 3.63) is 34.9 Å². The fraction of sp³-hybridized carbons (Fsp3) is 0.579. The minimum absolute atomic E-state index is 0.202. The summed E-state index contributed by atoms with van der Waals surface area (Å²) in [4.78, 5) is 20.2. The van der Waals surface area contributed by atoms with E-state index in [9.17, 15) is 31.4 Å². The lowest BCUT2D eigenvalue weighted by Crippen LogP contribution is -2.46. The summed E-state index contributed by atoms with van der Waals surface area (Å²) >= 11 is 5.93. The quantitative estimate of drug-likeness (QED) is 0.454. The Morgan fingerprint density at radius 1 is 0.909 bits per heavy atom. The second-order valence-electron chi connectivity index (χ2n) is 7.26. The highest BCUT2D eigenvalue weighted by Gasteiger charge is 2.39. The van der Waals surface area contributed by atoms with Crippen molar-refractivity contribution >= 4 is 23.5 Å². The van der Waals surface area contributed by atoms with Crippen molar-refractivity contribution in [2.75, 3.05) is 26.2 Å². The van der Waals surface area contributed by atoms with Crippen LogP contribution in [-0.4, -0.2) is 82.8 Å². The molecule has 188 valence electrons. The van der Waals surface area contributed by atoms with Gasteiger partial charge in [-0.25, -0.2) is 9.59 Å². The number of aliphatic hydroxyl groups is 1. The number of β-amino-alcohol motifs (C(OH)–C–C–N with tert-alkyl or cyclic N) is 1. The molecule has 0 amide bonds. The Kier molecular flexibility index (Phi) is 10.9. The number of carboxylic acid groups (broad SMARTS) is 2. The SMILES string of the molecule is O=C(O)C(F)(F)F.O=C(O)C(F)(F)F.O[C@H]1CNC[C@@H]1N1CCC(c2ccc(Cl)cc2)CC1. The third-order valence-electron chi connectivity index (χ3n) is 4.98. The summed E-state index contributed by atoms with van der Waals surface area (Å²) in [5.74, 6) is -4.87. The first-order valence-corrected chi connectivity index (χ1v) is 9.99. The van der Waals surface area contributed by atoms with Crippen molar-refractivity contribution in [1.82, 2.24) is 10.2 Å². The van der Waals surface area contributed by atoms with Crippen molar-refractivity contribution in [2.45, 2.75) is 43.3 Å². The molecule has 0 saturated carbocycles. The van der Waals surface area contributed by atoms with Gasteiger partial charge >= 0.3 is 24.3 Å². The topological polar surface area (TPSA) is 110 Å². The van der Waals surface area contributed by atoms with E-state index in [-0.39, 0.29) is 6.10 Å². The number of aliphatic carboxylic acids is 2. The molecule has 1 aromatic rings. The van der Waals surface area contributed by atoms with Gasteiger partial charge in [0.25, 0.3) is 0 Å². The molecule has 7 nitrogen and oxygen atoms in total. The third kappa shape index (κ3) is 10.2. The molecule has 0 aromatic heterocycles. The Hall–Kier alpha value is -2.09. The van der Waals surface area contributed by atoms with Crippen LogP contribution in [0.5, 0.6) is 0 Å². The molecular formula is C19H23ClF6N2O5. The lowest BCUT2D eigenvalue weighted by Gasteiger charge is -2.37. The molecule has 2 atom stereocenters. The van der Waals surface area contributed by atoms with Crippen molar-refractivity contribution in [3.8, 4) is 0 Å². The summed E-state index contributed by atoms with van der Waals surface area (Å²) in [6.45, 7) is 3.82. The van der Waals surface area contributed by atoms with Crippen LogP contribution in [0.25, 0.3) is 0 Å². The van der Waals surface area contributed by atoms with Gasteiger partial charge in [0, 0.05) is 24.2 Å². The first kappa shape index (κ1) is 28.9. The number of piperidine rings is 1. The molecular weight excluding hydrogens is 486 g/mol. The minimum Gasteiger partial charge on any atom is -0.475 e. The van der Waals surface area contributed by atoms with Crippen LogP contribution in [0, 0.1) is 0 Å². The first-order valence-electron chi connectivity index (χ1n) is 9.61. The molecule has 0 radical (unpaired) electrons. The summed E-state index contributed by atoms with van der Waals surface area (Å²) in [6, 6.07) is 8.57. The van der Waals surface area contributed by atoms with Crippen LogP contribution in [0.1, 0.15) is 24.3 Å². The third-order valence-corrected chi connectivity index (χ3v) is 5.23. The summed E-state index contributed by atoms with van der Waals surface area (Å²) in [7, 11) is 0. The van der Waals surface area contributed by atoms with E-state index in [1.807, 2.05) is 12.1 Å². The molecule has 0 aliphatic carbocycles. The molecule has 0 spiro atoms. The number of nitrogens with one attached hydrogen (secondary N) is 1. The van der Waals surface area contributed by atoms with Crippen molar-refractivity contribution in [3.63, 3.8) is 0 Å². The fourth-order valence-electron chi connectivity index (χ4n) is 3.32. The van der Waals surface area contributed by atoms with Crippen molar-refractivity contribution in [1.29, 1.82) is 0 Å². The van der Waals surface area contributed by atoms with E-state index >= 15 is 0 Å². The van der Waals surface area contributed by atoms with Crippen molar-refractivity contribution in [2.24, 2.45) is 0 Å². The van der Waals surface area contributed by atoms with E-state index in [1.54, 1.807) is 0 Å². The Labute approximate surface area is 189 Å². The highest BCUT2D eigenvalue weighted by atomic mass is 35.5. The molecule has 4 N–H and O–H groups in total. The standard InChI is InChI=1S/C15H21ClN2O.2C2HF3O2/c16-13-3-1-11(2-4-13)12-5-7-18(8-6-12)14-9-17-10-15(14)19;2*3-2(4,5)1(6)7/h1-4,12,14-15,17,19H,5-10H2;2*(H,6,7)/t14-,15-;;/m0../s1. The number of carboxylic acids is 2. The second-order valence-corrected chi connectivity index (χ2v) is 7.70. The van der Waals surface area contributed by atoms with Gasteiger partial charge in [-0.15, -0.1) is 0 Å². The number of hydrogen-bond acceptors (Lipinski definition) is 5. The molecule has 2 saturated heterocycles. The van der Waals surface area contributed by atoms with Crippen LogP contribution in [0.4, 0.5) is 26.3 Å². The zero-order valence-corrected chi connectivity index (χ0v) is 17.8. The van der Waals surface area contributed by atoms with E-state index in [1.165, 1.54) is 18.4 Å². The average molecular weight is 509 g/mol. The summed E-state index contributed by atoms with van der Waals surface area (Å²) in [6.07, 6.45) is -8.03. The normalized spacial score (nSPS) is 21.9. The summed E-state index contributed by atoms with van der Waals surface area (Å²) in [5.41, 5.74) is 1.40. The molecule has 2 aliphatic heterocycles. The van der Waals surface area contributed by atoms with Crippen LogP contribution < -0.4 is 5.32 Å². The maximum Gasteiger partial charge on any atom is 0.490 e. The average Bonchev–Trinajstić information content (AvgIpc) is 3.14. The maximum absolute atomic E-state index is 10.6. The molecule has 2 fully saturated rings. The van der Waals surface area contributed by atoms with E-state index in [2.05, 4.69) is 22.3 Å². The van der Waals surface area contributed by atoms with Gasteiger partial charge in [-0.3, -0.25) is 4.90 Å². The van der Waals surface area contributed by atoms with E-state index < -0.39 is 24.3 Å². The monoisotopic (exact) mass is 508 g/mol. The van der Waals surface area contributed by atoms with Gasteiger partial charge in [0.1, 0.15) is 0 Å². The fourth-order valence-corrected chi connectivity index (χ4v) is 3.45. The highest BCUT2D eigenvalue weighted by molar-refractivity contribution is 6.30. The maximum atomic E-state index is 10.6. The molecule has 2 heterocycles. The van der Waals surface area contributed by atoms with E-state index in [0.717, 1.165) is 31.2 Å². The van der Waals surface area contributed by atoms with Crippen LogP contribution in [0.2, 0.25) is 5.02 Å². The largest absolute Gasteiger partial charge is 0.490 e. The van der Waals surface area contributed by atoms with Crippen LogP contribution in [0.15, 0.2) is 24.3 Å². The number of aliphatic hydroxyl groups excluding tert-OH is 1. The Balaban J connectivity index is 0.000000324. The number of benzene rings is 1. The van der Waals surface area contributed by atoms with Crippen molar-refractivity contribution < 1.29 is 51.3 Å². The molecule has 0 bridgehead atoms. The zero-order valence-electron chi connectivity index (χ0n) is 17.0. The second kappa shape index (κ2) is 12.4. The highest BCUT2D eigenvalue weighted by Crippen LogP contribution is 2.30. The van der Waals surface area contributed by atoms with Gasteiger partial charge < -0.3 is 20.6 Å². The van der Waals surface area contributed by atoms with Crippen LogP contribution >= 0.6 is 11.6 Å². The van der Waals surface area contributed by atoms with Crippen LogP contribution in [-0.2, 0) is 9.59 Å². The zero-order chi connectivity index (χ0) is 25.4. The number of hydrogen-bond donors (Lipinski definition) is 4. The smallest absolute Gasteiger partial charge is 0.475 e. The number of alkyl halides is 6. The van der Waals surface area contributed by atoms with Gasteiger partial charge in [0.15, 0.2) is 0 Å². The van der Waals surface area contributed by atoms with Crippen LogP contribution in [0.3, 0.4) is 0 Å². The lowest BCUT2D eigenvalue weighted by molar-refractivity contribution is -0.193. The molecule has 14 heteroatoms. The summed E-state index contributed by atoms with van der Waals surface area (Å²) < 4.78 is 63.5. The van der Waals surface area contributed by atoms with Gasteiger partial charge in [-0.2, -0.15) is 26.3 Å². The Morgan fingerprint density at radius 2 is 1.33 bits per heavy atom. The van der Waals surface area contributed by atoms with Gasteiger partial charge in [-0.05, 0) is 49.5 Å². The minimum atomic E-state index is -5.08. The molecule has 0 unspecified atom stereocenters. The lowest BCUT2D eigenvalue weighted by atomic mass is 9.89. The number of carbonyl (C=O) groups is 2. The number of halogens is 7. The number of nitrogens with zero attached hydrogens (tertiary/aromatic N) is 1. The van der Waals surface area contributed by atoms with E-state index in [0.29, 0.717) is 12.0 Å². The van der Waals surface area contributed by atoms with Gasteiger partial charge in [0.05, 0.1) is 6.10 Å². The molecule has 1 aromatic carbocycles. The molecule has 2 aliphatic rings. The van der Waals surface area contributed by atoms with Gasteiger partial charge in [-0.1, -0.05) is 23.7 Å². The Bertz CT molecular complexity index is 743. The van der Waals surface area contributed by atoms with Gasteiger partial charge in [0.2, 0.25) is 0 Å². The van der Waals surface area contributed by atoms with E-state index in [4.69, 9.17) is 31.4 Å². The predicted molar refractivity (Wildman–Crippen MR) is 105 cm³/mol. The molecule has 3 rings (SSSR count). The number of rotatable bonds is 2. The predicted octanol–water partition coefficient (Wildman–Crippen LogP) is 3.12. The first-order chi connectivity index (χ1) is 15.1. The number of likely N-dealkylation sites (tertiary alicyclic amines) is 1. The Morgan fingerprint density at radius 3 is 1.67 bits per heavy atom. The molecule has 33 heavy (non-hydrogen) atoms.